The Kier molecular flexibility index (Phi) is 4.28. The number of ether oxygens (including phenoxy) is 1. The van der Waals surface area contributed by atoms with Crippen LogP contribution in [-0.4, -0.2) is 37.3 Å². The van der Waals surface area contributed by atoms with Gasteiger partial charge in [-0.25, -0.2) is 9.78 Å². The van der Waals surface area contributed by atoms with Gasteiger partial charge < -0.3 is 10.1 Å². The fourth-order valence-electron chi connectivity index (χ4n) is 4.01. The van der Waals surface area contributed by atoms with Crippen molar-refractivity contribution < 1.29 is 4.74 Å². The van der Waals surface area contributed by atoms with Crippen LogP contribution in [0.2, 0.25) is 0 Å². The number of rotatable bonds is 3. The van der Waals surface area contributed by atoms with Gasteiger partial charge in [0.1, 0.15) is 5.82 Å². The molecule has 1 N–H and O–H groups in total. The van der Waals surface area contributed by atoms with Crippen LogP contribution in [0.25, 0.3) is 22.1 Å². The summed E-state index contributed by atoms with van der Waals surface area (Å²) in [7, 11) is 1.79. The van der Waals surface area contributed by atoms with Crippen LogP contribution in [0.3, 0.4) is 0 Å². The molecule has 8 heteroatoms. The number of fused-ring (bicyclic) bond motifs is 2. The quantitative estimate of drug-likeness (QED) is 0.578. The van der Waals surface area contributed by atoms with Crippen molar-refractivity contribution in [3.63, 3.8) is 0 Å². The van der Waals surface area contributed by atoms with E-state index in [1.54, 1.807) is 30.2 Å². The van der Waals surface area contributed by atoms with Crippen LogP contribution in [-0.2, 0) is 11.8 Å². The Morgan fingerprint density at radius 1 is 1.03 bits per heavy atom. The molecule has 5 rings (SSSR count). The number of anilines is 2. The van der Waals surface area contributed by atoms with E-state index in [9.17, 15) is 4.79 Å². The first kappa shape index (κ1) is 17.8. The van der Waals surface area contributed by atoms with E-state index in [2.05, 4.69) is 20.3 Å². The van der Waals surface area contributed by atoms with E-state index in [0.29, 0.717) is 19.0 Å². The zero-order chi connectivity index (χ0) is 20.0. The van der Waals surface area contributed by atoms with E-state index < -0.39 is 0 Å². The van der Waals surface area contributed by atoms with Crippen LogP contribution >= 0.6 is 0 Å². The van der Waals surface area contributed by atoms with Crippen LogP contribution in [0.5, 0.6) is 0 Å². The summed E-state index contributed by atoms with van der Waals surface area (Å²) in [4.78, 5) is 26.1. The van der Waals surface area contributed by atoms with Crippen molar-refractivity contribution in [3.05, 3.63) is 52.8 Å². The van der Waals surface area contributed by atoms with Crippen molar-refractivity contribution in [1.29, 1.82) is 0 Å². The van der Waals surface area contributed by atoms with Gasteiger partial charge >= 0.3 is 5.69 Å². The Bertz CT molecular complexity index is 1270. The summed E-state index contributed by atoms with van der Waals surface area (Å²) in [5.41, 5.74) is 5.35. The molecule has 4 aromatic rings. The fourth-order valence-corrected chi connectivity index (χ4v) is 4.01. The molecule has 0 aliphatic carbocycles. The van der Waals surface area contributed by atoms with E-state index in [4.69, 9.17) is 4.74 Å². The molecule has 29 heavy (non-hydrogen) atoms. The molecule has 8 nitrogen and oxygen atoms in total. The maximum atomic E-state index is 12.9. The number of imidazole rings is 1. The minimum Gasteiger partial charge on any atom is -0.381 e. The average Bonchev–Trinajstić information content (AvgIpc) is 2.99. The molecule has 3 aromatic heterocycles. The lowest BCUT2D eigenvalue weighted by Gasteiger charge is -2.23. The summed E-state index contributed by atoms with van der Waals surface area (Å²) in [5, 5.41) is 3.39. The molecule has 0 atom stereocenters. The van der Waals surface area contributed by atoms with E-state index in [-0.39, 0.29) is 11.7 Å². The number of benzene rings is 1. The van der Waals surface area contributed by atoms with Gasteiger partial charge in [-0.2, -0.15) is 0 Å². The molecule has 0 amide bonds. The normalized spacial score (nSPS) is 15.2. The third-order valence-electron chi connectivity index (χ3n) is 5.61. The van der Waals surface area contributed by atoms with E-state index in [1.165, 1.54) is 0 Å². The molecule has 4 heterocycles. The zero-order valence-electron chi connectivity index (χ0n) is 16.4. The van der Waals surface area contributed by atoms with Crippen molar-refractivity contribution >= 4 is 33.6 Å². The number of pyridine rings is 1. The summed E-state index contributed by atoms with van der Waals surface area (Å²) in [6, 6.07) is 6.07. The van der Waals surface area contributed by atoms with Gasteiger partial charge in [0.05, 0.1) is 28.3 Å². The summed E-state index contributed by atoms with van der Waals surface area (Å²) in [6.45, 7) is 3.39. The fraction of sp³-hybridized carbons (Fsp3) is 0.333. The predicted octanol–water partition coefficient (Wildman–Crippen LogP) is 3.08. The van der Waals surface area contributed by atoms with Crippen molar-refractivity contribution in [2.45, 2.75) is 25.8 Å². The molecule has 1 aliphatic heterocycles. The largest absolute Gasteiger partial charge is 0.381 e. The third-order valence-corrected chi connectivity index (χ3v) is 5.61. The maximum absolute atomic E-state index is 12.9. The zero-order valence-corrected chi connectivity index (χ0v) is 16.4. The average molecular weight is 390 g/mol. The number of nitrogens with zero attached hydrogens (tertiary/aromatic N) is 5. The summed E-state index contributed by atoms with van der Waals surface area (Å²) in [6.07, 6.45) is 6.81. The van der Waals surface area contributed by atoms with Crippen molar-refractivity contribution in [2.24, 2.45) is 7.05 Å². The second-order valence-corrected chi connectivity index (χ2v) is 7.45. The Balaban J connectivity index is 1.58. The van der Waals surface area contributed by atoms with E-state index >= 15 is 0 Å². The van der Waals surface area contributed by atoms with Gasteiger partial charge in [0.25, 0.3) is 0 Å². The standard InChI is InChI=1S/C21H22N6O2/c1-13-9-16-17(23-6-5-22-16)10-15(13)25-20-11-18-19(12-24-20)26(2)21(28)27(18)14-3-7-29-8-4-14/h5-6,9-12,14H,3-4,7-8H2,1-2H3,(H,24,25). The summed E-state index contributed by atoms with van der Waals surface area (Å²) >= 11 is 0. The Morgan fingerprint density at radius 2 is 1.76 bits per heavy atom. The molecular weight excluding hydrogens is 368 g/mol. The number of hydrogen-bond donors (Lipinski definition) is 1. The first-order valence-corrected chi connectivity index (χ1v) is 9.75. The van der Waals surface area contributed by atoms with Crippen LogP contribution < -0.4 is 11.0 Å². The lowest BCUT2D eigenvalue weighted by molar-refractivity contribution is 0.0696. The van der Waals surface area contributed by atoms with Crippen LogP contribution in [0.1, 0.15) is 24.4 Å². The molecule has 0 saturated carbocycles. The highest BCUT2D eigenvalue weighted by Gasteiger charge is 2.22. The van der Waals surface area contributed by atoms with Crippen molar-refractivity contribution in [3.8, 4) is 0 Å². The lowest BCUT2D eigenvalue weighted by atomic mass is 10.1. The number of aromatic nitrogens is 5. The first-order chi connectivity index (χ1) is 14.1. The van der Waals surface area contributed by atoms with Gasteiger partial charge in [0, 0.05) is 50.5 Å². The van der Waals surface area contributed by atoms with E-state index in [0.717, 1.165) is 46.2 Å². The number of nitrogens with one attached hydrogen (secondary N) is 1. The molecule has 0 bridgehead atoms. The third kappa shape index (κ3) is 3.05. The second-order valence-electron chi connectivity index (χ2n) is 7.45. The smallest absolute Gasteiger partial charge is 0.329 e. The minimum absolute atomic E-state index is 0.0111. The summed E-state index contributed by atoms with van der Waals surface area (Å²) < 4.78 is 9.03. The molecule has 1 fully saturated rings. The van der Waals surface area contributed by atoms with Crippen molar-refractivity contribution in [2.75, 3.05) is 18.5 Å². The van der Waals surface area contributed by atoms with E-state index in [1.807, 2.05) is 29.7 Å². The predicted molar refractivity (Wildman–Crippen MR) is 112 cm³/mol. The molecular formula is C21H22N6O2. The molecule has 1 aromatic carbocycles. The minimum atomic E-state index is -0.0111. The second kappa shape index (κ2) is 6.97. The monoisotopic (exact) mass is 390 g/mol. The van der Waals surface area contributed by atoms with Gasteiger partial charge in [0.2, 0.25) is 0 Å². The SMILES string of the molecule is Cc1cc2nccnc2cc1Nc1cc2c(cn1)n(C)c(=O)n2C1CCOCC1. The molecule has 148 valence electrons. The van der Waals surface area contributed by atoms with Gasteiger partial charge in [-0.05, 0) is 37.5 Å². The number of hydrogen-bond acceptors (Lipinski definition) is 6. The molecule has 0 unspecified atom stereocenters. The Morgan fingerprint density at radius 3 is 2.52 bits per heavy atom. The topological polar surface area (TPSA) is 86.9 Å². The van der Waals surface area contributed by atoms with Gasteiger partial charge in [0.15, 0.2) is 0 Å². The highest BCUT2D eigenvalue weighted by Crippen LogP contribution is 2.28. The molecule has 0 spiro atoms. The Labute approximate surface area is 167 Å². The van der Waals surface area contributed by atoms with Gasteiger partial charge in [-0.15, -0.1) is 0 Å². The molecule has 1 aliphatic rings. The van der Waals surface area contributed by atoms with Gasteiger partial charge in [-0.1, -0.05) is 0 Å². The molecule has 1 saturated heterocycles. The van der Waals surface area contributed by atoms with Crippen molar-refractivity contribution in [1.82, 2.24) is 24.1 Å². The lowest BCUT2D eigenvalue weighted by Crippen LogP contribution is -2.29. The maximum Gasteiger partial charge on any atom is 0.329 e. The highest BCUT2D eigenvalue weighted by molar-refractivity contribution is 5.83. The number of aryl methyl sites for hydroxylation is 2. The van der Waals surface area contributed by atoms with Crippen LogP contribution in [0.15, 0.2) is 41.6 Å². The van der Waals surface area contributed by atoms with Crippen LogP contribution in [0.4, 0.5) is 11.5 Å². The first-order valence-electron chi connectivity index (χ1n) is 9.75. The summed E-state index contributed by atoms with van der Waals surface area (Å²) in [5.74, 6) is 0.690. The molecule has 0 radical (unpaired) electrons. The van der Waals surface area contributed by atoms with Gasteiger partial charge in [-0.3, -0.25) is 19.1 Å². The highest BCUT2D eigenvalue weighted by atomic mass is 16.5. The van der Waals surface area contributed by atoms with Crippen LogP contribution in [0, 0.1) is 6.92 Å². The Hall–Kier alpha value is -3.26.